The van der Waals surface area contributed by atoms with Crippen LogP contribution in [0.25, 0.3) is 0 Å². The van der Waals surface area contributed by atoms with E-state index in [0.29, 0.717) is 25.9 Å². The predicted octanol–water partition coefficient (Wildman–Crippen LogP) is 1.61. The van der Waals surface area contributed by atoms with E-state index in [1.54, 1.807) is 18.2 Å². The molecule has 0 aliphatic carbocycles. The van der Waals surface area contributed by atoms with Crippen LogP contribution in [-0.2, 0) is 19.6 Å². The normalized spacial score (nSPS) is 24.0. The van der Waals surface area contributed by atoms with Crippen molar-refractivity contribution >= 4 is 21.6 Å². The number of piperazine rings is 1. The van der Waals surface area contributed by atoms with E-state index in [1.165, 1.54) is 12.1 Å². The number of carbonyl (C=O) groups is 1. The number of hydrogen-bond acceptors (Lipinski definition) is 6. The quantitative estimate of drug-likeness (QED) is 0.634. The number of carbonyl (C=O) groups excluding carboxylic acids is 1. The highest BCUT2D eigenvalue weighted by atomic mass is 32.2. The van der Waals surface area contributed by atoms with Gasteiger partial charge in [-0.2, -0.15) is 0 Å². The third-order valence-corrected chi connectivity index (χ3v) is 7.82. The maximum atomic E-state index is 12.9. The Morgan fingerprint density at radius 1 is 0.970 bits per heavy atom. The van der Waals surface area contributed by atoms with Gasteiger partial charge in [-0.15, -0.1) is 0 Å². The summed E-state index contributed by atoms with van der Waals surface area (Å²) >= 11 is 0. The lowest BCUT2D eigenvalue weighted by Crippen LogP contribution is -2.52. The van der Waals surface area contributed by atoms with Crippen molar-refractivity contribution in [2.24, 2.45) is 0 Å². The molecule has 2 N–H and O–H groups in total. The summed E-state index contributed by atoms with van der Waals surface area (Å²) in [6, 6.07) is 17.8. The fourth-order valence-corrected chi connectivity index (χ4v) is 5.78. The van der Waals surface area contributed by atoms with Crippen molar-refractivity contribution in [3.63, 3.8) is 0 Å². The number of amides is 1. The van der Waals surface area contributed by atoms with Crippen molar-refractivity contribution in [1.82, 2.24) is 9.62 Å². The first-order chi connectivity index (χ1) is 16.0. The zero-order valence-electron chi connectivity index (χ0n) is 18.5. The maximum absolute atomic E-state index is 12.9. The number of aliphatic hydroxyl groups excluding tert-OH is 1. The zero-order valence-corrected chi connectivity index (χ0v) is 19.4. The molecule has 178 valence electrons. The minimum absolute atomic E-state index is 0.0349. The summed E-state index contributed by atoms with van der Waals surface area (Å²) in [7, 11) is -3.71. The molecule has 2 heterocycles. The molecule has 0 radical (unpaired) electrons. The Kier molecular flexibility index (Phi) is 7.64. The van der Waals surface area contributed by atoms with Crippen molar-refractivity contribution in [3.05, 3.63) is 60.7 Å². The number of sulfonamides is 1. The first-order valence-electron chi connectivity index (χ1n) is 11.4. The smallest absolute Gasteiger partial charge is 0.240 e. The third-order valence-electron chi connectivity index (χ3n) is 6.31. The summed E-state index contributed by atoms with van der Waals surface area (Å²) in [6.45, 7) is 2.56. The van der Waals surface area contributed by atoms with E-state index in [0.717, 1.165) is 18.8 Å². The number of benzene rings is 2. The maximum Gasteiger partial charge on any atom is 0.240 e. The van der Waals surface area contributed by atoms with E-state index in [1.807, 2.05) is 23.1 Å². The third kappa shape index (κ3) is 5.92. The lowest BCUT2D eigenvalue weighted by molar-refractivity contribution is -0.140. The van der Waals surface area contributed by atoms with Crippen LogP contribution < -0.4 is 9.62 Å². The molecule has 0 saturated carbocycles. The second kappa shape index (κ2) is 10.6. The van der Waals surface area contributed by atoms with Gasteiger partial charge in [0.05, 0.1) is 36.2 Å². The molecule has 8 nitrogen and oxygen atoms in total. The van der Waals surface area contributed by atoms with E-state index in [2.05, 4.69) is 21.8 Å². The molecule has 2 aromatic rings. The molecule has 2 saturated heterocycles. The van der Waals surface area contributed by atoms with Gasteiger partial charge in [0.2, 0.25) is 15.9 Å². The lowest BCUT2D eigenvalue weighted by Gasteiger charge is -2.38. The van der Waals surface area contributed by atoms with Crippen LogP contribution in [0.4, 0.5) is 5.69 Å². The molecule has 4 rings (SSSR count). The summed E-state index contributed by atoms with van der Waals surface area (Å²) < 4.78 is 33.9. The van der Waals surface area contributed by atoms with Crippen LogP contribution in [-0.4, -0.2) is 75.4 Å². The predicted molar refractivity (Wildman–Crippen MR) is 125 cm³/mol. The van der Waals surface area contributed by atoms with Crippen LogP contribution in [0.5, 0.6) is 0 Å². The number of ether oxygens (including phenoxy) is 1. The SMILES string of the molecule is O=C(C[C@@H]1CC[C@@H](NS(=O)(=O)c2ccccc2)[C@H](CO)O1)N1CCN(c2ccccc2)CC1. The van der Waals surface area contributed by atoms with Crippen LogP contribution in [0.3, 0.4) is 0 Å². The van der Waals surface area contributed by atoms with Crippen LogP contribution in [0.1, 0.15) is 19.3 Å². The van der Waals surface area contributed by atoms with E-state index in [4.69, 9.17) is 4.74 Å². The van der Waals surface area contributed by atoms with Crippen LogP contribution in [0.15, 0.2) is 65.6 Å². The number of anilines is 1. The average molecular weight is 474 g/mol. The van der Waals surface area contributed by atoms with Gasteiger partial charge >= 0.3 is 0 Å². The van der Waals surface area contributed by atoms with Crippen molar-refractivity contribution in [2.45, 2.75) is 42.4 Å². The van der Waals surface area contributed by atoms with Crippen molar-refractivity contribution in [2.75, 3.05) is 37.7 Å². The molecular weight excluding hydrogens is 442 g/mol. The van der Waals surface area contributed by atoms with Crippen molar-refractivity contribution in [3.8, 4) is 0 Å². The van der Waals surface area contributed by atoms with Gasteiger partial charge in [-0.3, -0.25) is 4.79 Å². The van der Waals surface area contributed by atoms with Crippen LogP contribution in [0, 0.1) is 0 Å². The molecule has 2 aliphatic rings. The van der Waals surface area contributed by atoms with Gasteiger partial charge < -0.3 is 19.6 Å². The molecule has 2 aromatic carbocycles. The van der Waals surface area contributed by atoms with Gasteiger partial charge in [0.25, 0.3) is 0 Å². The Bertz CT molecular complexity index is 1010. The fourth-order valence-electron chi connectivity index (χ4n) is 4.46. The second-order valence-corrected chi connectivity index (χ2v) is 10.2. The minimum Gasteiger partial charge on any atom is -0.394 e. The van der Waals surface area contributed by atoms with Gasteiger partial charge in [-0.1, -0.05) is 36.4 Å². The lowest BCUT2D eigenvalue weighted by atomic mass is 9.97. The van der Waals surface area contributed by atoms with Gasteiger partial charge in [0.1, 0.15) is 0 Å². The molecule has 9 heteroatoms. The Morgan fingerprint density at radius 2 is 1.61 bits per heavy atom. The zero-order chi connectivity index (χ0) is 23.3. The van der Waals surface area contributed by atoms with E-state index < -0.39 is 22.2 Å². The summed E-state index contributed by atoms with van der Waals surface area (Å²) in [5.41, 5.74) is 1.16. The number of rotatable bonds is 7. The molecule has 0 aromatic heterocycles. The Balaban J connectivity index is 1.28. The van der Waals surface area contributed by atoms with Gasteiger partial charge in [-0.05, 0) is 37.1 Å². The number of aliphatic hydroxyl groups is 1. The van der Waals surface area contributed by atoms with Gasteiger partial charge in [-0.25, -0.2) is 13.1 Å². The highest BCUT2D eigenvalue weighted by molar-refractivity contribution is 7.89. The number of hydrogen-bond donors (Lipinski definition) is 2. The summed E-state index contributed by atoms with van der Waals surface area (Å²) in [5.74, 6) is 0.0349. The molecule has 2 fully saturated rings. The van der Waals surface area contributed by atoms with Crippen molar-refractivity contribution < 1.29 is 23.1 Å². The summed E-state index contributed by atoms with van der Waals surface area (Å²) in [4.78, 5) is 17.2. The number of nitrogens with zero attached hydrogens (tertiary/aromatic N) is 2. The summed E-state index contributed by atoms with van der Waals surface area (Å²) in [6.07, 6.45) is 0.259. The second-order valence-electron chi connectivity index (χ2n) is 8.50. The first kappa shape index (κ1) is 23.7. The first-order valence-corrected chi connectivity index (χ1v) is 12.9. The monoisotopic (exact) mass is 473 g/mol. The topological polar surface area (TPSA) is 99.2 Å². The van der Waals surface area contributed by atoms with Crippen molar-refractivity contribution in [1.29, 1.82) is 0 Å². The molecule has 0 unspecified atom stereocenters. The van der Waals surface area contributed by atoms with Crippen LogP contribution in [0.2, 0.25) is 0 Å². The number of nitrogens with one attached hydrogen (secondary N) is 1. The molecule has 0 spiro atoms. The number of para-hydroxylation sites is 1. The van der Waals surface area contributed by atoms with E-state index in [-0.39, 0.29) is 29.9 Å². The Labute approximate surface area is 195 Å². The molecule has 0 bridgehead atoms. The summed E-state index contributed by atoms with van der Waals surface area (Å²) in [5, 5.41) is 9.81. The van der Waals surface area contributed by atoms with E-state index in [9.17, 15) is 18.3 Å². The molecule has 3 atom stereocenters. The fraction of sp³-hybridized carbons (Fsp3) is 0.458. The standard InChI is InChI=1S/C24H31N3O5S/c28-18-23-22(25-33(30,31)21-9-5-2-6-10-21)12-11-20(32-23)17-24(29)27-15-13-26(14-16-27)19-7-3-1-4-8-19/h1-10,20,22-23,25,28H,11-18H2/t20-,22+,23-/m0/s1. The molecule has 33 heavy (non-hydrogen) atoms. The largest absolute Gasteiger partial charge is 0.394 e. The molecular formula is C24H31N3O5S. The average Bonchev–Trinajstić information content (AvgIpc) is 2.86. The highest BCUT2D eigenvalue weighted by Gasteiger charge is 2.35. The molecule has 2 aliphatic heterocycles. The Morgan fingerprint density at radius 3 is 2.24 bits per heavy atom. The Hall–Kier alpha value is -2.46. The van der Waals surface area contributed by atoms with Crippen LogP contribution >= 0.6 is 0 Å². The van der Waals surface area contributed by atoms with E-state index >= 15 is 0 Å². The van der Waals surface area contributed by atoms with Gasteiger partial charge in [0.15, 0.2) is 0 Å². The molecule has 1 amide bonds. The minimum atomic E-state index is -3.71. The van der Waals surface area contributed by atoms with Gasteiger partial charge in [0, 0.05) is 31.9 Å². The highest BCUT2D eigenvalue weighted by Crippen LogP contribution is 2.25.